The smallest absolute Gasteiger partial charge is 0.165 e. The Hall–Kier alpha value is -1.61. The van der Waals surface area contributed by atoms with Crippen molar-refractivity contribution < 1.29 is 9.13 Å². The lowest BCUT2D eigenvalue weighted by Gasteiger charge is -2.11. The molecule has 1 aromatic heterocycles. The van der Waals surface area contributed by atoms with E-state index in [0.29, 0.717) is 6.42 Å². The van der Waals surface area contributed by atoms with Crippen LogP contribution < -0.4 is 4.74 Å². The normalized spacial score (nSPS) is 12.2. The highest BCUT2D eigenvalue weighted by molar-refractivity contribution is 6.20. The summed E-state index contributed by atoms with van der Waals surface area (Å²) < 4.78 is 18.4. The van der Waals surface area contributed by atoms with E-state index in [2.05, 4.69) is 4.98 Å². The second-order valence-corrected chi connectivity index (χ2v) is 4.45. The van der Waals surface area contributed by atoms with Gasteiger partial charge in [0.25, 0.3) is 0 Å². The van der Waals surface area contributed by atoms with Gasteiger partial charge in [-0.05, 0) is 41.8 Å². The van der Waals surface area contributed by atoms with Crippen LogP contribution in [0.5, 0.6) is 5.75 Å². The molecule has 94 valence electrons. The highest BCUT2D eigenvalue weighted by Gasteiger charge is 2.12. The molecular formula is C14H13ClFNO. The summed E-state index contributed by atoms with van der Waals surface area (Å²) in [7, 11) is 1.44. The van der Waals surface area contributed by atoms with Crippen molar-refractivity contribution in [1.82, 2.24) is 4.98 Å². The van der Waals surface area contributed by atoms with Gasteiger partial charge in [-0.3, -0.25) is 4.98 Å². The van der Waals surface area contributed by atoms with E-state index in [1.807, 2.05) is 12.1 Å². The Labute approximate surface area is 110 Å². The largest absolute Gasteiger partial charge is 0.494 e. The first kappa shape index (κ1) is 12.8. The van der Waals surface area contributed by atoms with Crippen LogP contribution in [-0.2, 0) is 6.42 Å². The summed E-state index contributed by atoms with van der Waals surface area (Å²) in [5.74, 6) is -0.165. The number of aromatic nitrogens is 1. The number of alkyl halides is 1. The maximum Gasteiger partial charge on any atom is 0.165 e. The molecule has 2 aromatic rings. The van der Waals surface area contributed by atoms with Crippen LogP contribution in [0.25, 0.3) is 0 Å². The fourth-order valence-corrected chi connectivity index (χ4v) is 2.04. The van der Waals surface area contributed by atoms with Crippen molar-refractivity contribution in [1.29, 1.82) is 0 Å². The molecule has 2 rings (SSSR count). The maximum atomic E-state index is 13.6. The number of benzene rings is 1. The number of methoxy groups -OCH3 is 1. The van der Waals surface area contributed by atoms with Gasteiger partial charge in [-0.1, -0.05) is 6.07 Å². The van der Waals surface area contributed by atoms with E-state index in [0.717, 1.165) is 11.1 Å². The van der Waals surface area contributed by atoms with Gasteiger partial charge in [0.1, 0.15) is 0 Å². The van der Waals surface area contributed by atoms with Crippen LogP contribution in [0, 0.1) is 5.82 Å². The summed E-state index contributed by atoms with van der Waals surface area (Å²) in [5, 5.41) is -0.271. The highest BCUT2D eigenvalue weighted by atomic mass is 35.5. The van der Waals surface area contributed by atoms with Crippen LogP contribution in [0.2, 0.25) is 0 Å². The number of pyridine rings is 1. The zero-order chi connectivity index (χ0) is 13.0. The van der Waals surface area contributed by atoms with E-state index >= 15 is 0 Å². The van der Waals surface area contributed by atoms with E-state index in [1.165, 1.54) is 13.2 Å². The summed E-state index contributed by atoms with van der Waals surface area (Å²) >= 11 is 6.28. The molecule has 2 nitrogen and oxygen atoms in total. The third-order valence-corrected chi connectivity index (χ3v) is 3.11. The minimum atomic E-state index is -0.393. The highest BCUT2D eigenvalue weighted by Crippen LogP contribution is 2.28. The van der Waals surface area contributed by atoms with Crippen LogP contribution in [0.3, 0.4) is 0 Å². The average molecular weight is 266 g/mol. The summed E-state index contributed by atoms with van der Waals surface area (Å²) in [6.07, 6.45) is 4.07. The zero-order valence-corrected chi connectivity index (χ0v) is 10.7. The Kier molecular flexibility index (Phi) is 4.15. The van der Waals surface area contributed by atoms with E-state index in [4.69, 9.17) is 16.3 Å². The molecule has 0 aliphatic rings. The minimum Gasteiger partial charge on any atom is -0.494 e. The van der Waals surface area contributed by atoms with Gasteiger partial charge in [-0.2, -0.15) is 0 Å². The maximum absolute atomic E-state index is 13.6. The van der Waals surface area contributed by atoms with Crippen molar-refractivity contribution in [3.63, 3.8) is 0 Å². The number of ether oxygens (including phenoxy) is 1. The molecule has 0 aliphatic heterocycles. The molecule has 0 radical (unpaired) electrons. The number of hydrogen-bond acceptors (Lipinski definition) is 2. The average Bonchev–Trinajstić information content (AvgIpc) is 2.39. The fourth-order valence-electron chi connectivity index (χ4n) is 1.72. The van der Waals surface area contributed by atoms with E-state index in [1.54, 1.807) is 24.5 Å². The quantitative estimate of drug-likeness (QED) is 0.786. The first-order valence-electron chi connectivity index (χ1n) is 5.57. The molecule has 0 amide bonds. The summed E-state index contributed by atoms with van der Waals surface area (Å²) in [6.45, 7) is 0. The molecule has 0 bridgehead atoms. The second-order valence-electron chi connectivity index (χ2n) is 3.92. The predicted molar refractivity (Wildman–Crippen MR) is 69.5 cm³/mol. The van der Waals surface area contributed by atoms with Crippen molar-refractivity contribution in [3.05, 3.63) is 59.7 Å². The SMILES string of the molecule is COc1ccc(C(Cl)Cc2ccncc2)cc1F. The number of halogens is 2. The first-order valence-corrected chi connectivity index (χ1v) is 6.00. The molecule has 1 atom stereocenters. The predicted octanol–water partition coefficient (Wildman–Crippen LogP) is 3.75. The number of hydrogen-bond donors (Lipinski definition) is 0. The van der Waals surface area contributed by atoms with Gasteiger partial charge in [-0.15, -0.1) is 11.6 Å². The Balaban J connectivity index is 2.14. The van der Waals surface area contributed by atoms with Crippen LogP contribution in [0.15, 0.2) is 42.7 Å². The van der Waals surface area contributed by atoms with E-state index < -0.39 is 5.82 Å². The van der Waals surface area contributed by atoms with Crippen LogP contribution in [0.4, 0.5) is 4.39 Å². The third-order valence-electron chi connectivity index (χ3n) is 2.70. The summed E-state index contributed by atoms with van der Waals surface area (Å²) in [6, 6.07) is 8.58. The number of nitrogens with zero attached hydrogens (tertiary/aromatic N) is 1. The Morgan fingerprint density at radius 3 is 2.61 bits per heavy atom. The van der Waals surface area contributed by atoms with E-state index in [9.17, 15) is 4.39 Å². The fraction of sp³-hybridized carbons (Fsp3) is 0.214. The number of rotatable bonds is 4. The van der Waals surface area contributed by atoms with Crippen molar-refractivity contribution in [3.8, 4) is 5.75 Å². The lowest BCUT2D eigenvalue weighted by Crippen LogP contribution is -1.98. The van der Waals surface area contributed by atoms with E-state index in [-0.39, 0.29) is 11.1 Å². The minimum absolute atomic E-state index is 0.228. The van der Waals surface area contributed by atoms with Gasteiger partial charge in [0, 0.05) is 12.4 Å². The van der Waals surface area contributed by atoms with Gasteiger partial charge >= 0.3 is 0 Å². The van der Waals surface area contributed by atoms with Crippen LogP contribution in [0.1, 0.15) is 16.5 Å². The lowest BCUT2D eigenvalue weighted by atomic mass is 10.0. The van der Waals surface area contributed by atoms with Gasteiger partial charge < -0.3 is 4.74 Å². The molecule has 0 saturated carbocycles. The molecule has 1 aromatic carbocycles. The molecule has 0 aliphatic carbocycles. The van der Waals surface area contributed by atoms with Gasteiger partial charge in [0.2, 0.25) is 0 Å². The van der Waals surface area contributed by atoms with Crippen molar-refractivity contribution in [2.45, 2.75) is 11.8 Å². The Bertz CT molecular complexity index is 518. The van der Waals surface area contributed by atoms with Crippen LogP contribution >= 0.6 is 11.6 Å². The molecule has 18 heavy (non-hydrogen) atoms. The topological polar surface area (TPSA) is 22.1 Å². The van der Waals surface area contributed by atoms with Crippen molar-refractivity contribution in [2.24, 2.45) is 0 Å². The first-order chi connectivity index (χ1) is 8.70. The lowest BCUT2D eigenvalue weighted by molar-refractivity contribution is 0.386. The monoisotopic (exact) mass is 265 g/mol. The molecule has 0 spiro atoms. The Morgan fingerprint density at radius 1 is 1.28 bits per heavy atom. The van der Waals surface area contributed by atoms with Crippen LogP contribution in [-0.4, -0.2) is 12.1 Å². The van der Waals surface area contributed by atoms with Crippen molar-refractivity contribution in [2.75, 3.05) is 7.11 Å². The van der Waals surface area contributed by atoms with Gasteiger partial charge in [-0.25, -0.2) is 4.39 Å². The molecule has 0 fully saturated rings. The summed E-state index contributed by atoms with van der Waals surface area (Å²) in [4.78, 5) is 3.94. The Morgan fingerprint density at radius 2 is 2.00 bits per heavy atom. The molecule has 1 unspecified atom stereocenters. The zero-order valence-electron chi connectivity index (χ0n) is 9.94. The van der Waals surface area contributed by atoms with Gasteiger partial charge in [0.05, 0.1) is 12.5 Å². The second kappa shape index (κ2) is 5.83. The van der Waals surface area contributed by atoms with Crippen molar-refractivity contribution >= 4 is 11.6 Å². The molecular weight excluding hydrogens is 253 g/mol. The third kappa shape index (κ3) is 2.99. The molecule has 1 heterocycles. The summed E-state index contributed by atoms with van der Waals surface area (Å²) in [5.41, 5.74) is 1.81. The molecule has 0 N–H and O–H groups in total. The van der Waals surface area contributed by atoms with Gasteiger partial charge in [0.15, 0.2) is 11.6 Å². The standard InChI is InChI=1S/C14H13ClFNO/c1-18-14-3-2-11(9-13(14)16)12(15)8-10-4-6-17-7-5-10/h2-7,9,12H,8H2,1H3. The molecule has 4 heteroatoms. The molecule has 0 saturated heterocycles.